The summed E-state index contributed by atoms with van der Waals surface area (Å²) in [6, 6.07) is 8.57. The third-order valence-corrected chi connectivity index (χ3v) is 6.10. The second-order valence-electron chi connectivity index (χ2n) is 8.44. The molecule has 0 bridgehead atoms. The maximum absolute atomic E-state index is 12.9. The van der Waals surface area contributed by atoms with Gasteiger partial charge in [-0.2, -0.15) is 4.98 Å². The SMILES string of the molecule is CN(CCO)C(=O)c1cnc(Nc2ccc(N3CCNCC3)cc2)nc1NC1CCCC1. The van der Waals surface area contributed by atoms with Crippen LogP contribution < -0.4 is 20.9 Å². The van der Waals surface area contributed by atoms with Gasteiger partial charge in [0.25, 0.3) is 5.91 Å². The molecule has 1 aromatic carbocycles. The Hall–Kier alpha value is -2.91. The lowest BCUT2D eigenvalue weighted by Crippen LogP contribution is -2.43. The van der Waals surface area contributed by atoms with E-state index in [0.717, 1.165) is 44.7 Å². The average Bonchev–Trinajstić information content (AvgIpc) is 3.33. The predicted molar refractivity (Wildman–Crippen MR) is 127 cm³/mol. The molecule has 0 radical (unpaired) electrons. The molecule has 1 aromatic heterocycles. The fraction of sp³-hybridized carbons (Fsp3) is 0.522. The molecule has 1 saturated heterocycles. The first-order chi connectivity index (χ1) is 15.6. The minimum Gasteiger partial charge on any atom is -0.395 e. The minimum atomic E-state index is -0.202. The molecule has 4 rings (SSSR count). The van der Waals surface area contributed by atoms with Crippen LogP contribution in [-0.2, 0) is 0 Å². The smallest absolute Gasteiger partial charge is 0.259 e. The Kier molecular flexibility index (Phi) is 7.39. The van der Waals surface area contributed by atoms with E-state index in [1.807, 2.05) is 12.1 Å². The van der Waals surface area contributed by atoms with Crippen molar-refractivity contribution in [2.45, 2.75) is 31.7 Å². The van der Waals surface area contributed by atoms with Crippen molar-refractivity contribution in [2.75, 3.05) is 61.9 Å². The van der Waals surface area contributed by atoms with Gasteiger partial charge in [0, 0.05) is 63.4 Å². The van der Waals surface area contributed by atoms with Crippen molar-refractivity contribution in [3.05, 3.63) is 36.0 Å². The first kappa shape index (κ1) is 22.3. The number of aliphatic hydroxyl groups excluding tert-OH is 1. The van der Waals surface area contributed by atoms with E-state index in [1.165, 1.54) is 23.4 Å². The van der Waals surface area contributed by atoms with Crippen LogP contribution in [0.5, 0.6) is 0 Å². The molecule has 0 atom stereocenters. The standard InChI is InChI=1S/C23H33N7O2/c1-29(14-15-31)22(32)20-16-25-23(28-21(20)26-17-4-2-3-5-17)27-18-6-8-19(9-7-18)30-12-10-24-11-13-30/h6-9,16-17,24,31H,2-5,10-15H2,1H3,(H2,25,26,27,28). The Labute approximate surface area is 189 Å². The Bertz CT molecular complexity index is 894. The van der Waals surface area contributed by atoms with Crippen molar-refractivity contribution in [1.29, 1.82) is 0 Å². The number of nitrogens with one attached hydrogen (secondary N) is 3. The van der Waals surface area contributed by atoms with Gasteiger partial charge in [0.1, 0.15) is 11.4 Å². The summed E-state index contributed by atoms with van der Waals surface area (Å²) in [5.41, 5.74) is 2.52. The van der Waals surface area contributed by atoms with E-state index in [2.05, 4.69) is 43.0 Å². The normalized spacial score (nSPS) is 16.8. The highest BCUT2D eigenvalue weighted by molar-refractivity contribution is 5.98. The molecule has 9 nitrogen and oxygen atoms in total. The van der Waals surface area contributed by atoms with Gasteiger partial charge in [-0.05, 0) is 37.1 Å². The monoisotopic (exact) mass is 439 g/mol. The molecular weight excluding hydrogens is 406 g/mol. The summed E-state index contributed by atoms with van der Waals surface area (Å²) in [7, 11) is 1.67. The predicted octanol–water partition coefficient (Wildman–Crippen LogP) is 2.05. The topological polar surface area (TPSA) is 106 Å². The Balaban J connectivity index is 1.51. The highest BCUT2D eigenvalue weighted by Gasteiger charge is 2.22. The number of hydrogen-bond donors (Lipinski definition) is 4. The molecule has 0 unspecified atom stereocenters. The van der Waals surface area contributed by atoms with Gasteiger partial charge in [-0.3, -0.25) is 4.79 Å². The fourth-order valence-corrected chi connectivity index (χ4v) is 4.24. The van der Waals surface area contributed by atoms with E-state index in [0.29, 0.717) is 23.4 Å². The second kappa shape index (κ2) is 10.6. The third-order valence-electron chi connectivity index (χ3n) is 6.10. The van der Waals surface area contributed by atoms with Gasteiger partial charge in [0.05, 0.1) is 6.61 Å². The number of benzene rings is 1. The summed E-state index contributed by atoms with van der Waals surface area (Å²) in [4.78, 5) is 25.7. The van der Waals surface area contributed by atoms with Gasteiger partial charge in [-0.25, -0.2) is 4.98 Å². The number of carbonyl (C=O) groups is 1. The van der Waals surface area contributed by atoms with Crippen molar-refractivity contribution in [3.63, 3.8) is 0 Å². The van der Waals surface area contributed by atoms with Gasteiger partial charge in [-0.1, -0.05) is 12.8 Å². The Morgan fingerprint density at radius 1 is 1.22 bits per heavy atom. The first-order valence-electron chi connectivity index (χ1n) is 11.5. The van der Waals surface area contributed by atoms with Crippen molar-refractivity contribution in [2.24, 2.45) is 0 Å². The van der Waals surface area contributed by atoms with Crippen molar-refractivity contribution >= 4 is 29.0 Å². The van der Waals surface area contributed by atoms with Gasteiger partial charge in [0.2, 0.25) is 5.95 Å². The molecule has 1 aliphatic carbocycles. The summed E-state index contributed by atoms with van der Waals surface area (Å²) in [6.45, 7) is 4.20. The summed E-state index contributed by atoms with van der Waals surface area (Å²) >= 11 is 0. The number of anilines is 4. The molecule has 2 aliphatic rings. The van der Waals surface area contributed by atoms with E-state index in [9.17, 15) is 9.90 Å². The number of aliphatic hydroxyl groups is 1. The van der Waals surface area contributed by atoms with Gasteiger partial charge >= 0.3 is 0 Å². The van der Waals surface area contributed by atoms with Crippen molar-refractivity contribution < 1.29 is 9.90 Å². The lowest BCUT2D eigenvalue weighted by atomic mass is 10.2. The zero-order valence-corrected chi connectivity index (χ0v) is 18.7. The van der Waals surface area contributed by atoms with Crippen LogP contribution in [0, 0.1) is 0 Å². The Morgan fingerprint density at radius 2 is 1.94 bits per heavy atom. The van der Waals surface area contributed by atoms with Crippen LogP contribution in [0.25, 0.3) is 0 Å². The van der Waals surface area contributed by atoms with Gasteiger partial charge in [0.15, 0.2) is 0 Å². The van der Waals surface area contributed by atoms with E-state index in [4.69, 9.17) is 0 Å². The van der Waals surface area contributed by atoms with E-state index in [-0.39, 0.29) is 19.1 Å². The van der Waals surface area contributed by atoms with Crippen LogP contribution in [0.3, 0.4) is 0 Å². The molecule has 1 aliphatic heterocycles. The number of carbonyl (C=O) groups excluding carboxylic acids is 1. The second-order valence-corrected chi connectivity index (χ2v) is 8.44. The van der Waals surface area contributed by atoms with Crippen LogP contribution in [0.2, 0.25) is 0 Å². The van der Waals surface area contributed by atoms with E-state index < -0.39 is 0 Å². The molecule has 172 valence electrons. The number of aromatic nitrogens is 2. The maximum Gasteiger partial charge on any atom is 0.259 e. The number of likely N-dealkylation sites (N-methyl/N-ethyl adjacent to an activating group) is 1. The largest absolute Gasteiger partial charge is 0.395 e. The number of rotatable bonds is 8. The molecular formula is C23H33N7O2. The Morgan fingerprint density at radius 3 is 2.62 bits per heavy atom. The molecule has 4 N–H and O–H groups in total. The third kappa shape index (κ3) is 5.46. The van der Waals surface area contributed by atoms with Crippen LogP contribution in [0.1, 0.15) is 36.0 Å². The average molecular weight is 440 g/mol. The maximum atomic E-state index is 12.9. The highest BCUT2D eigenvalue weighted by Crippen LogP contribution is 2.26. The molecule has 1 amide bonds. The van der Waals surface area contributed by atoms with Crippen LogP contribution in [0.4, 0.5) is 23.1 Å². The number of hydrogen-bond acceptors (Lipinski definition) is 8. The lowest BCUT2D eigenvalue weighted by Gasteiger charge is -2.29. The first-order valence-corrected chi connectivity index (χ1v) is 11.5. The number of nitrogens with zero attached hydrogens (tertiary/aromatic N) is 4. The molecule has 2 fully saturated rings. The zero-order valence-electron chi connectivity index (χ0n) is 18.7. The van der Waals surface area contributed by atoms with E-state index in [1.54, 1.807) is 13.2 Å². The number of amides is 1. The molecule has 0 spiro atoms. The van der Waals surface area contributed by atoms with Crippen LogP contribution in [-0.4, -0.2) is 78.3 Å². The van der Waals surface area contributed by atoms with Crippen LogP contribution in [0.15, 0.2) is 30.5 Å². The van der Waals surface area contributed by atoms with Gasteiger partial charge in [-0.15, -0.1) is 0 Å². The zero-order chi connectivity index (χ0) is 22.3. The fourth-order valence-electron chi connectivity index (χ4n) is 4.24. The molecule has 9 heteroatoms. The van der Waals surface area contributed by atoms with Crippen LogP contribution >= 0.6 is 0 Å². The summed E-state index contributed by atoms with van der Waals surface area (Å²) in [5.74, 6) is 0.787. The minimum absolute atomic E-state index is 0.0853. The quantitative estimate of drug-likeness (QED) is 0.495. The van der Waals surface area contributed by atoms with Crippen molar-refractivity contribution in [3.8, 4) is 0 Å². The summed E-state index contributed by atoms with van der Waals surface area (Å²) in [5, 5.41) is 19.3. The lowest BCUT2D eigenvalue weighted by molar-refractivity contribution is 0.0767. The molecule has 32 heavy (non-hydrogen) atoms. The van der Waals surface area contributed by atoms with Crippen molar-refractivity contribution in [1.82, 2.24) is 20.2 Å². The molecule has 1 saturated carbocycles. The number of piperazine rings is 1. The van der Waals surface area contributed by atoms with Gasteiger partial charge < -0.3 is 30.9 Å². The molecule has 2 heterocycles. The summed E-state index contributed by atoms with van der Waals surface area (Å²) in [6.07, 6.45) is 6.07. The summed E-state index contributed by atoms with van der Waals surface area (Å²) < 4.78 is 0. The van der Waals surface area contributed by atoms with E-state index >= 15 is 0 Å². The molecule has 2 aromatic rings. The highest BCUT2D eigenvalue weighted by atomic mass is 16.3.